The van der Waals surface area contributed by atoms with Crippen LogP contribution in [-0.2, 0) is 0 Å². The molecule has 0 bridgehead atoms. The Morgan fingerprint density at radius 2 is 2.33 bits per heavy atom. The van der Waals surface area contributed by atoms with Gasteiger partial charge in [0.1, 0.15) is 5.16 Å². The average molecular weight is 187 g/mol. The SMILES string of the molecule is C\C=N/C(Cl)=C1/CCC/C1=N\O. The van der Waals surface area contributed by atoms with E-state index in [2.05, 4.69) is 10.1 Å². The van der Waals surface area contributed by atoms with E-state index in [0.29, 0.717) is 10.9 Å². The fourth-order valence-electron chi connectivity index (χ4n) is 1.25. The summed E-state index contributed by atoms with van der Waals surface area (Å²) in [6.07, 6.45) is 4.27. The van der Waals surface area contributed by atoms with Crippen molar-refractivity contribution in [2.24, 2.45) is 10.1 Å². The largest absolute Gasteiger partial charge is 0.411 e. The minimum atomic E-state index is 0.447. The predicted molar refractivity (Wildman–Crippen MR) is 50.1 cm³/mol. The summed E-state index contributed by atoms with van der Waals surface area (Å²) in [5.74, 6) is 0. The molecule has 1 aliphatic rings. The van der Waals surface area contributed by atoms with Crippen molar-refractivity contribution in [1.29, 1.82) is 0 Å². The molecule has 0 aromatic rings. The number of hydrogen-bond donors (Lipinski definition) is 1. The maximum Gasteiger partial charge on any atom is 0.133 e. The molecular weight excluding hydrogens is 176 g/mol. The van der Waals surface area contributed by atoms with Gasteiger partial charge in [-0.05, 0) is 26.2 Å². The number of hydrogen-bond acceptors (Lipinski definition) is 3. The van der Waals surface area contributed by atoms with Crippen LogP contribution in [0.1, 0.15) is 26.2 Å². The normalized spacial score (nSPS) is 25.7. The summed E-state index contributed by atoms with van der Waals surface area (Å²) >= 11 is 5.85. The van der Waals surface area contributed by atoms with E-state index in [0.717, 1.165) is 24.8 Å². The molecule has 1 rings (SSSR count). The van der Waals surface area contributed by atoms with Gasteiger partial charge in [0, 0.05) is 11.8 Å². The molecule has 4 heteroatoms. The van der Waals surface area contributed by atoms with Crippen LogP contribution < -0.4 is 0 Å². The minimum absolute atomic E-state index is 0.447. The molecule has 1 fully saturated rings. The number of allylic oxidation sites excluding steroid dienone is 1. The Labute approximate surface area is 76.4 Å². The lowest BCUT2D eigenvalue weighted by atomic mass is 10.2. The molecule has 0 aromatic heterocycles. The first kappa shape index (κ1) is 9.26. The molecule has 1 N–H and O–H groups in total. The fourth-order valence-corrected chi connectivity index (χ4v) is 1.55. The smallest absolute Gasteiger partial charge is 0.133 e. The van der Waals surface area contributed by atoms with E-state index in [9.17, 15) is 0 Å². The molecule has 0 heterocycles. The van der Waals surface area contributed by atoms with Gasteiger partial charge in [-0.15, -0.1) is 0 Å². The van der Waals surface area contributed by atoms with Crippen LogP contribution in [0.2, 0.25) is 0 Å². The predicted octanol–water partition coefficient (Wildman–Crippen LogP) is 2.54. The fraction of sp³-hybridized carbons (Fsp3) is 0.500. The molecule has 0 radical (unpaired) electrons. The highest BCUT2D eigenvalue weighted by Gasteiger charge is 2.18. The molecule has 0 spiro atoms. The van der Waals surface area contributed by atoms with E-state index in [1.54, 1.807) is 13.1 Å². The molecule has 0 aromatic carbocycles. The van der Waals surface area contributed by atoms with Crippen molar-refractivity contribution < 1.29 is 5.21 Å². The number of nitrogens with zero attached hydrogens (tertiary/aromatic N) is 2. The molecule has 0 unspecified atom stereocenters. The summed E-state index contributed by atoms with van der Waals surface area (Å²) in [6, 6.07) is 0. The number of rotatable bonds is 1. The van der Waals surface area contributed by atoms with Crippen molar-refractivity contribution >= 4 is 23.5 Å². The third kappa shape index (κ3) is 1.85. The maximum atomic E-state index is 8.60. The molecule has 66 valence electrons. The minimum Gasteiger partial charge on any atom is -0.411 e. The summed E-state index contributed by atoms with van der Waals surface area (Å²) in [7, 11) is 0. The van der Waals surface area contributed by atoms with Gasteiger partial charge in [0.15, 0.2) is 0 Å². The van der Waals surface area contributed by atoms with Gasteiger partial charge >= 0.3 is 0 Å². The van der Waals surface area contributed by atoms with Crippen molar-refractivity contribution in [2.75, 3.05) is 0 Å². The second kappa shape index (κ2) is 4.26. The quantitative estimate of drug-likeness (QED) is 0.291. The van der Waals surface area contributed by atoms with Crippen molar-refractivity contribution in [3.63, 3.8) is 0 Å². The van der Waals surface area contributed by atoms with Crippen molar-refractivity contribution in [3.05, 3.63) is 10.7 Å². The van der Waals surface area contributed by atoms with Gasteiger partial charge in [-0.2, -0.15) is 0 Å². The van der Waals surface area contributed by atoms with E-state index in [4.69, 9.17) is 16.8 Å². The Kier molecular flexibility index (Phi) is 3.29. The van der Waals surface area contributed by atoms with Gasteiger partial charge in [-0.25, -0.2) is 4.99 Å². The molecule has 0 amide bonds. The molecule has 0 saturated heterocycles. The van der Waals surface area contributed by atoms with E-state index < -0.39 is 0 Å². The first-order valence-corrected chi connectivity index (χ1v) is 4.26. The van der Waals surface area contributed by atoms with Crippen LogP contribution in [0.5, 0.6) is 0 Å². The molecule has 0 aliphatic heterocycles. The van der Waals surface area contributed by atoms with Gasteiger partial charge in [-0.3, -0.25) is 0 Å². The zero-order valence-corrected chi connectivity index (χ0v) is 7.67. The lowest BCUT2D eigenvalue weighted by Gasteiger charge is -1.97. The van der Waals surface area contributed by atoms with E-state index >= 15 is 0 Å². The van der Waals surface area contributed by atoms with E-state index in [-0.39, 0.29) is 0 Å². The van der Waals surface area contributed by atoms with E-state index in [1.807, 2.05) is 0 Å². The van der Waals surface area contributed by atoms with Gasteiger partial charge in [0.05, 0.1) is 5.71 Å². The highest BCUT2D eigenvalue weighted by atomic mass is 35.5. The van der Waals surface area contributed by atoms with Crippen LogP contribution in [0.3, 0.4) is 0 Å². The second-order valence-corrected chi connectivity index (χ2v) is 2.91. The topological polar surface area (TPSA) is 45.0 Å². The number of aliphatic imine (C=N–C) groups is 1. The zero-order valence-electron chi connectivity index (χ0n) is 6.92. The van der Waals surface area contributed by atoms with Crippen molar-refractivity contribution in [2.45, 2.75) is 26.2 Å². The highest BCUT2D eigenvalue weighted by molar-refractivity contribution is 6.32. The molecule has 1 aliphatic carbocycles. The van der Waals surface area contributed by atoms with Crippen molar-refractivity contribution in [3.8, 4) is 0 Å². The lowest BCUT2D eigenvalue weighted by molar-refractivity contribution is 0.318. The highest BCUT2D eigenvalue weighted by Crippen LogP contribution is 2.27. The van der Waals surface area contributed by atoms with Crippen LogP contribution in [0.25, 0.3) is 0 Å². The third-order valence-electron chi connectivity index (χ3n) is 1.80. The van der Waals surface area contributed by atoms with Gasteiger partial charge in [0.2, 0.25) is 0 Å². The average Bonchev–Trinajstić information content (AvgIpc) is 2.51. The second-order valence-electron chi connectivity index (χ2n) is 2.56. The molecular formula is C8H11ClN2O. The molecule has 12 heavy (non-hydrogen) atoms. The molecule has 3 nitrogen and oxygen atoms in total. The Bertz CT molecular complexity index is 256. The lowest BCUT2D eigenvalue weighted by Crippen LogP contribution is -1.94. The molecule has 0 atom stereocenters. The first-order chi connectivity index (χ1) is 5.79. The summed E-state index contributed by atoms with van der Waals surface area (Å²) in [6.45, 7) is 1.80. The summed E-state index contributed by atoms with van der Waals surface area (Å²) in [5, 5.41) is 12.2. The van der Waals surface area contributed by atoms with E-state index in [1.165, 1.54) is 0 Å². The summed E-state index contributed by atoms with van der Waals surface area (Å²) < 4.78 is 0. The molecule has 1 saturated carbocycles. The van der Waals surface area contributed by atoms with Gasteiger partial charge in [-0.1, -0.05) is 16.8 Å². The summed E-state index contributed by atoms with van der Waals surface area (Å²) in [5.41, 5.74) is 1.54. The number of halogens is 1. The Hall–Kier alpha value is -0.830. The number of oxime groups is 1. The third-order valence-corrected chi connectivity index (χ3v) is 2.13. The standard InChI is InChI=1S/C8H11ClN2O/c1-2-10-8(9)6-4-3-5-7(6)11-12/h2,12H,3-5H2,1H3/b8-6-,10-2-,11-7+. The van der Waals surface area contributed by atoms with Crippen molar-refractivity contribution in [1.82, 2.24) is 0 Å². The monoisotopic (exact) mass is 186 g/mol. The van der Waals surface area contributed by atoms with Crippen LogP contribution in [0.15, 0.2) is 20.9 Å². The van der Waals surface area contributed by atoms with Crippen LogP contribution >= 0.6 is 11.6 Å². The van der Waals surface area contributed by atoms with Gasteiger partial charge in [0.25, 0.3) is 0 Å². The van der Waals surface area contributed by atoms with Crippen LogP contribution in [0.4, 0.5) is 0 Å². The van der Waals surface area contributed by atoms with Crippen LogP contribution in [-0.4, -0.2) is 17.1 Å². The first-order valence-electron chi connectivity index (χ1n) is 3.88. The Morgan fingerprint density at radius 3 is 2.92 bits per heavy atom. The Balaban J connectivity index is 2.92. The maximum absolute atomic E-state index is 8.60. The van der Waals surface area contributed by atoms with Crippen LogP contribution in [0, 0.1) is 0 Å². The Morgan fingerprint density at radius 1 is 1.58 bits per heavy atom. The van der Waals surface area contributed by atoms with Gasteiger partial charge < -0.3 is 5.21 Å². The summed E-state index contributed by atoms with van der Waals surface area (Å²) in [4.78, 5) is 3.93. The zero-order chi connectivity index (χ0) is 8.97.